The molecule has 3 nitrogen and oxygen atoms in total. The van der Waals surface area contributed by atoms with Crippen LogP contribution in [0.1, 0.15) is 24.1 Å². The lowest BCUT2D eigenvalue weighted by atomic mass is 10.1. The standard InChI is InChI=1S/C17H20N2O/c1-3-19(15-11-9-13(2)10-12-15)17(20)16(18)14-7-5-4-6-8-14/h4-12,16H,3,18H2,1-2H3/t16-/m0/s1. The molecular formula is C17H20N2O. The van der Waals surface area contributed by atoms with Crippen LogP contribution in [0.4, 0.5) is 5.69 Å². The molecule has 0 saturated heterocycles. The first-order valence-corrected chi connectivity index (χ1v) is 6.82. The van der Waals surface area contributed by atoms with Crippen LogP contribution in [-0.2, 0) is 4.79 Å². The van der Waals surface area contributed by atoms with E-state index in [0.29, 0.717) is 6.54 Å². The summed E-state index contributed by atoms with van der Waals surface area (Å²) in [4.78, 5) is 14.3. The average molecular weight is 268 g/mol. The molecule has 0 radical (unpaired) electrons. The molecule has 0 unspecified atom stereocenters. The van der Waals surface area contributed by atoms with Gasteiger partial charge in [-0.25, -0.2) is 0 Å². The van der Waals surface area contributed by atoms with Crippen molar-refractivity contribution in [1.29, 1.82) is 0 Å². The highest BCUT2D eigenvalue weighted by atomic mass is 16.2. The summed E-state index contributed by atoms with van der Waals surface area (Å²) in [5.74, 6) is -0.0810. The fourth-order valence-electron chi connectivity index (χ4n) is 2.16. The number of anilines is 1. The highest BCUT2D eigenvalue weighted by Crippen LogP contribution is 2.20. The van der Waals surface area contributed by atoms with Crippen molar-refractivity contribution in [3.05, 3.63) is 65.7 Å². The summed E-state index contributed by atoms with van der Waals surface area (Å²) in [7, 11) is 0. The molecule has 1 atom stereocenters. The molecule has 0 spiro atoms. The van der Waals surface area contributed by atoms with Crippen molar-refractivity contribution in [2.45, 2.75) is 19.9 Å². The molecule has 2 aromatic carbocycles. The maximum Gasteiger partial charge on any atom is 0.248 e. The number of benzene rings is 2. The van der Waals surface area contributed by atoms with E-state index in [1.807, 2.05) is 68.4 Å². The largest absolute Gasteiger partial charge is 0.316 e. The molecule has 3 heteroatoms. The number of carbonyl (C=O) groups is 1. The van der Waals surface area contributed by atoms with Crippen LogP contribution in [0.5, 0.6) is 0 Å². The minimum Gasteiger partial charge on any atom is -0.316 e. The first kappa shape index (κ1) is 14.3. The third-order valence-corrected chi connectivity index (χ3v) is 3.35. The summed E-state index contributed by atoms with van der Waals surface area (Å²) in [5.41, 5.74) is 8.98. The summed E-state index contributed by atoms with van der Waals surface area (Å²) in [6.45, 7) is 4.58. The number of nitrogens with zero attached hydrogens (tertiary/aromatic N) is 1. The van der Waals surface area contributed by atoms with Crippen LogP contribution in [-0.4, -0.2) is 12.5 Å². The van der Waals surface area contributed by atoms with Crippen molar-refractivity contribution in [2.75, 3.05) is 11.4 Å². The Labute approximate surface area is 120 Å². The quantitative estimate of drug-likeness (QED) is 0.926. The third-order valence-electron chi connectivity index (χ3n) is 3.35. The fourth-order valence-corrected chi connectivity index (χ4v) is 2.16. The minimum atomic E-state index is -0.627. The second-order valence-corrected chi connectivity index (χ2v) is 4.81. The van der Waals surface area contributed by atoms with Crippen LogP contribution in [0.2, 0.25) is 0 Å². The van der Waals surface area contributed by atoms with Gasteiger partial charge in [-0.3, -0.25) is 4.79 Å². The smallest absolute Gasteiger partial charge is 0.248 e. The molecule has 20 heavy (non-hydrogen) atoms. The lowest BCUT2D eigenvalue weighted by molar-refractivity contribution is -0.119. The van der Waals surface area contributed by atoms with Gasteiger partial charge in [-0.2, -0.15) is 0 Å². The van der Waals surface area contributed by atoms with Gasteiger partial charge in [0.05, 0.1) is 0 Å². The Kier molecular flexibility index (Phi) is 4.53. The molecule has 0 aromatic heterocycles. The molecule has 0 fully saturated rings. The monoisotopic (exact) mass is 268 g/mol. The number of nitrogens with two attached hydrogens (primary N) is 1. The van der Waals surface area contributed by atoms with Crippen LogP contribution in [0, 0.1) is 6.92 Å². The van der Waals surface area contributed by atoms with Crippen LogP contribution in [0.3, 0.4) is 0 Å². The topological polar surface area (TPSA) is 46.3 Å². The number of hydrogen-bond donors (Lipinski definition) is 1. The number of likely N-dealkylation sites (N-methyl/N-ethyl adjacent to an activating group) is 1. The van der Waals surface area contributed by atoms with Crippen molar-refractivity contribution < 1.29 is 4.79 Å². The van der Waals surface area contributed by atoms with Gasteiger partial charge >= 0.3 is 0 Å². The molecule has 0 aliphatic carbocycles. The lowest BCUT2D eigenvalue weighted by Crippen LogP contribution is -2.38. The summed E-state index contributed by atoms with van der Waals surface area (Å²) < 4.78 is 0. The van der Waals surface area contributed by atoms with Gasteiger partial charge in [-0.05, 0) is 31.5 Å². The van der Waals surface area contributed by atoms with E-state index < -0.39 is 6.04 Å². The molecule has 0 bridgehead atoms. The number of aryl methyl sites for hydroxylation is 1. The Balaban J connectivity index is 2.23. The van der Waals surface area contributed by atoms with Gasteiger partial charge in [0.25, 0.3) is 0 Å². The number of rotatable bonds is 4. The number of hydrogen-bond acceptors (Lipinski definition) is 2. The van der Waals surface area contributed by atoms with Crippen LogP contribution < -0.4 is 10.6 Å². The Morgan fingerprint density at radius 3 is 2.25 bits per heavy atom. The Bertz CT molecular complexity index is 563. The van der Waals surface area contributed by atoms with E-state index >= 15 is 0 Å². The minimum absolute atomic E-state index is 0.0810. The average Bonchev–Trinajstić information content (AvgIpc) is 2.50. The second kappa shape index (κ2) is 6.35. The zero-order valence-corrected chi connectivity index (χ0v) is 11.9. The van der Waals surface area contributed by atoms with Gasteiger partial charge in [0.1, 0.15) is 6.04 Å². The second-order valence-electron chi connectivity index (χ2n) is 4.81. The van der Waals surface area contributed by atoms with Crippen LogP contribution >= 0.6 is 0 Å². The summed E-state index contributed by atoms with van der Waals surface area (Å²) >= 11 is 0. The van der Waals surface area contributed by atoms with Crippen molar-refractivity contribution in [3.63, 3.8) is 0 Å². The Morgan fingerprint density at radius 1 is 1.10 bits per heavy atom. The lowest BCUT2D eigenvalue weighted by Gasteiger charge is -2.24. The van der Waals surface area contributed by atoms with E-state index in [0.717, 1.165) is 11.3 Å². The third kappa shape index (κ3) is 3.06. The summed E-state index contributed by atoms with van der Waals surface area (Å²) in [5, 5.41) is 0. The fraction of sp³-hybridized carbons (Fsp3) is 0.235. The predicted molar refractivity (Wildman–Crippen MR) is 82.6 cm³/mol. The number of carbonyl (C=O) groups excluding carboxylic acids is 1. The molecular weight excluding hydrogens is 248 g/mol. The van der Waals surface area contributed by atoms with E-state index in [-0.39, 0.29) is 5.91 Å². The summed E-state index contributed by atoms with van der Waals surface area (Å²) in [6.07, 6.45) is 0. The van der Waals surface area contributed by atoms with Gasteiger partial charge in [-0.15, -0.1) is 0 Å². The molecule has 0 saturated carbocycles. The predicted octanol–water partition coefficient (Wildman–Crippen LogP) is 3.05. The van der Waals surface area contributed by atoms with Gasteiger partial charge in [0.15, 0.2) is 0 Å². The van der Waals surface area contributed by atoms with Gasteiger partial charge in [-0.1, -0.05) is 48.0 Å². The molecule has 0 aliphatic rings. The van der Waals surface area contributed by atoms with E-state index in [9.17, 15) is 4.79 Å². The summed E-state index contributed by atoms with van der Waals surface area (Å²) in [6, 6.07) is 16.7. The molecule has 0 aliphatic heterocycles. The zero-order chi connectivity index (χ0) is 14.5. The molecule has 2 rings (SSSR count). The van der Waals surface area contributed by atoms with Gasteiger partial charge in [0.2, 0.25) is 5.91 Å². The molecule has 104 valence electrons. The van der Waals surface area contributed by atoms with E-state index in [2.05, 4.69) is 0 Å². The molecule has 0 heterocycles. The normalized spacial score (nSPS) is 11.9. The Hall–Kier alpha value is -2.13. The van der Waals surface area contributed by atoms with Crippen molar-refractivity contribution in [2.24, 2.45) is 5.73 Å². The van der Waals surface area contributed by atoms with Crippen LogP contribution in [0.15, 0.2) is 54.6 Å². The Morgan fingerprint density at radius 2 is 1.70 bits per heavy atom. The highest BCUT2D eigenvalue weighted by molar-refractivity contribution is 5.97. The van der Waals surface area contributed by atoms with Crippen molar-refractivity contribution >= 4 is 11.6 Å². The molecule has 2 N–H and O–H groups in total. The SMILES string of the molecule is CCN(C(=O)[C@@H](N)c1ccccc1)c1ccc(C)cc1. The van der Waals surface area contributed by atoms with Gasteiger partial charge < -0.3 is 10.6 Å². The maximum absolute atomic E-state index is 12.6. The van der Waals surface area contributed by atoms with Crippen molar-refractivity contribution in [1.82, 2.24) is 0 Å². The van der Waals surface area contributed by atoms with Crippen molar-refractivity contribution in [3.8, 4) is 0 Å². The van der Waals surface area contributed by atoms with E-state index in [1.165, 1.54) is 5.56 Å². The zero-order valence-electron chi connectivity index (χ0n) is 11.9. The van der Waals surface area contributed by atoms with E-state index in [4.69, 9.17) is 5.73 Å². The maximum atomic E-state index is 12.6. The van der Waals surface area contributed by atoms with Crippen LogP contribution in [0.25, 0.3) is 0 Å². The molecule has 2 aromatic rings. The first-order chi connectivity index (χ1) is 9.63. The highest BCUT2D eigenvalue weighted by Gasteiger charge is 2.22. The van der Waals surface area contributed by atoms with E-state index in [1.54, 1.807) is 4.90 Å². The number of amides is 1. The first-order valence-electron chi connectivity index (χ1n) is 6.82. The van der Waals surface area contributed by atoms with Gasteiger partial charge in [0, 0.05) is 12.2 Å². The molecule has 1 amide bonds.